The first-order chi connectivity index (χ1) is 7.77. The summed E-state index contributed by atoms with van der Waals surface area (Å²) in [5.74, 6) is -1.72. The number of nitrogens with zero attached hydrogens (tertiary/aromatic N) is 1. The molecule has 2 nitrogen and oxygen atoms in total. The van der Waals surface area contributed by atoms with Gasteiger partial charge in [-0.1, -0.05) is 12.1 Å². The van der Waals surface area contributed by atoms with Crippen molar-refractivity contribution in [1.29, 1.82) is 0 Å². The molecule has 16 heavy (non-hydrogen) atoms. The van der Waals surface area contributed by atoms with Crippen LogP contribution in [0.1, 0.15) is 5.69 Å². The van der Waals surface area contributed by atoms with Gasteiger partial charge in [-0.15, -0.1) is 0 Å². The summed E-state index contributed by atoms with van der Waals surface area (Å²) in [6.07, 6.45) is 1.65. The number of pyridine rings is 1. The van der Waals surface area contributed by atoms with Crippen LogP contribution in [0.15, 0.2) is 42.6 Å². The van der Waals surface area contributed by atoms with Crippen molar-refractivity contribution in [3.05, 3.63) is 59.9 Å². The fraction of sp³-hybridized carbons (Fsp3) is 0.0833. The Bertz CT molecular complexity index is 472. The summed E-state index contributed by atoms with van der Waals surface area (Å²) in [4.78, 5) is 4.07. The molecule has 0 aliphatic carbocycles. The van der Waals surface area contributed by atoms with Gasteiger partial charge in [0.05, 0.1) is 17.9 Å². The zero-order valence-electron chi connectivity index (χ0n) is 8.45. The first kappa shape index (κ1) is 10.5. The first-order valence-electron chi connectivity index (χ1n) is 4.85. The lowest BCUT2D eigenvalue weighted by molar-refractivity contribution is 0.511. The van der Waals surface area contributed by atoms with Gasteiger partial charge in [-0.3, -0.25) is 4.98 Å². The third kappa shape index (κ3) is 2.34. The fourth-order valence-electron chi connectivity index (χ4n) is 1.33. The Balaban J connectivity index is 2.08. The molecule has 2 aromatic rings. The normalized spacial score (nSPS) is 10.1. The summed E-state index contributed by atoms with van der Waals surface area (Å²) in [5.41, 5.74) is 0.914. The van der Waals surface area contributed by atoms with Crippen molar-refractivity contribution in [2.75, 3.05) is 5.32 Å². The van der Waals surface area contributed by atoms with E-state index in [-0.39, 0.29) is 5.69 Å². The Labute approximate surface area is 92.0 Å². The number of hydrogen-bond acceptors (Lipinski definition) is 2. The van der Waals surface area contributed by atoms with Crippen LogP contribution in [0.25, 0.3) is 0 Å². The standard InChI is InChI=1S/C12H10F2N2/c13-10-5-3-6-11(12(10)14)16-8-9-4-1-2-7-15-9/h1-7,16H,8H2. The number of halogens is 2. The van der Waals surface area contributed by atoms with Crippen molar-refractivity contribution < 1.29 is 8.78 Å². The summed E-state index contributed by atoms with van der Waals surface area (Å²) < 4.78 is 26.1. The van der Waals surface area contributed by atoms with E-state index < -0.39 is 11.6 Å². The van der Waals surface area contributed by atoms with Gasteiger partial charge in [0.15, 0.2) is 11.6 Å². The van der Waals surface area contributed by atoms with E-state index in [4.69, 9.17) is 0 Å². The van der Waals surface area contributed by atoms with E-state index in [0.29, 0.717) is 6.54 Å². The molecule has 0 aliphatic heterocycles. The lowest BCUT2D eigenvalue weighted by Crippen LogP contribution is -2.03. The van der Waals surface area contributed by atoms with Gasteiger partial charge in [-0.25, -0.2) is 8.78 Å². The van der Waals surface area contributed by atoms with Gasteiger partial charge < -0.3 is 5.32 Å². The summed E-state index contributed by atoms with van der Waals surface area (Å²) >= 11 is 0. The van der Waals surface area contributed by atoms with Crippen molar-refractivity contribution in [3.63, 3.8) is 0 Å². The van der Waals surface area contributed by atoms with Crippen LogP contribution in [0.5, 0.6) is 0 Å². The Morgan fingerprint density at radius 3 is 2.69 bits per heavy atom. The number of hydrogen-bond donors (Lipinski definition) is 1. The molecule has 1 aromatic heterocycles. The quantitative estimate of drug-likeness (QED) is 0.860. The largest absolute Gasteiger partial charge is 0.377 e. The van der Waals surface area contributed by atoms with Crippen molar-refractivity contribution in [1.82, 2.24) is 4.98 Å². The zero-order chi connectivity index (χ0) is 11.4. The molecule has 0 spiro atoms. The third-order valence-corrected chi connectivity index (χ3v) is 2.14. The molecule has 0 aliphatic rings. The molecule has 2 rings (SSSR count). The maximum atomic E-state index is 13.2. The summed E-state index contributed by atoms with van der Waals surface area (Å²) in [6.45, 7) is 0.362. The van der Waals surface area contributed by atoms with Crippen LogP contribution in [0.2, 0.25) is 0 Å². The van der Waals surface area contributed by atoms with Crippen LogP contribution in [0, 0.1) is 11.6 Å². The van der Waals surface area contributed by atoms with Gasteiger partial charge in [0.2, 0.25) is 0 Å². The molecule has 0 fully saturated rings. The third-order valence-electron chi connectivity index (χ3n) is 2.14. The highest BCUT2D eigenvalue weighted by Crippen LogP contribution is 2.16. The highest BCUT2D eigenvalue weighted by molar-refractivity contribution is 5.45. The topological polar surface area (TPSA) is 24.9 Å². The van der Waals surface area contributed by atoms with Crippen molar-refractivity contribution in [2.45, 2.75) is 6.54 Å². The van der Waals surface area contributed by atoms with Crippen LogP contribution in [0.4, 0.5) is 14.5 Å². The lowest BCUT2D eigenvalue weighted by Gasteiger charge is -2.06. The molecule has 0 amide bonds. The van der Waals surface area contributed by atoms with E-state index in [0.717, 1.165) is 11.8 Å². The van der Waals surface area contributed by atoms with E-state index >= 15 is 0 Å². The molecule has 0 atom stereocenters. The molecule has 0 radical (unpaired) electrons. The Morgan fingerprint density at radius 2 is 1.94 bits per heavy atom. The second-order valence-corrected chi connectivity index (χ2v) is 3.28. The lowest BCUT2D eigenvalue weighted by atomic mass is 10.3. The highest BCUT2D eigenvalue weighted by atomic mass is 19.2. The van der Waals surface area contributed by atoms with Crippen molar-refractivity contribution >= 4 is 5.69 Å². The average molecular weight is 220 g/mol. The summed E-state index contributed by atoms with van der Waals surface area (Å²) in [6, 6.07) is 9.48. The van der Waals surface area contributed by atoms with Gasteiger partial charge in [0, 0.05) is 6.20 Å². The van der Waals surface area contributed by atoms with Gasteiger partial charge in [-0.05, 0) is 24.3 Å². The minimum Gasteiger partial charge on any atom is -0.377 e. The maximum Gasteiger partial charge on any atom is 0.181 e. The molecule has 0 unspecified atom stereocenters. The molecule has 4 heteroatoms. The van der Waals surface area contributed by atoms with E-state index in [1.54, 1.807) is 12.3 Å². The molecule has 1 heterocycles. The van der Waals surface area contributed by atoms with E-state index in [9.17, 15) is 8.78 Å². The molecule has 1 aromatic carbocycles. The summed E-state index contributed by atoms with van der Waals surface area (Å²) in [7, 11) is 0. The number of nitrogens with one attached hydrogen (secondary N) is 1. The molecular weight excluding hydrogens is 210 g/mol. The number of rotatable bonds is 3. The van der Waals surface area contributed by atoms with Crippen LogP contribution in [-0.2, 0) is 6.54 Å². The van der Waals surface area contributed by atoms with Crippen molar-refractivity contribution in [3.8, 4) is 0 Å². The summed E-state index contributed by atoms with van der Waals surface area (Å²) in [5, 5.41) is 2.79. The van der Waals surface area contributed by atoms with E-state index in [2.05, 4.69) is 10.3 Å². The Hall–Kier alpha value is -1.97. The monoisotopic (exact) mass is 220 g/mol. The molecule has 1 N–H and O–H groups in total. The van der Waals surface area contributed by atoms with Crippen LogP contribution >= 0.6 is 0 Å². The number of anilines is 1. The predicted molar refractivity (Wildman–Crippen MR) is 57.9 cm³/mol. The van der Waals surface area contributed by atoms with E-state index in [1.807, 2.05) is 12.1 Å². The highest BCUT2D eigenvalue weighted by Gasteiger charge is 2.06. The Morgan fingerprint density at radius 1 is 1.06 bits per heavy atom. The smallest absolute Gasteiger partial charge is 0.181 e. The minimum atomic E-state index is -0.863. The molecule has 0 saturated heterocycles. The molecular formula is C12H10F2N2. The van der Waals surface area contributed by atoms with Gasteiger partial charge >= 0.3 is 0 Å². The van der Waals surface area contributed by atoms with Gasteiger partial charge in [0.1, 0.15) is 0 Å². The molecule has 0 bridgehead atoms. The maximum absolute atomic E-state index is 13.2. The second kappa shape index (κ2) is 4.70. The predicted octanol–water partition coefficient (Wildman–Crippen LogP) is 2.97. The van der Waals surface area contributed by atoms with Crippen LogP contribution in [-0.4, -0.2) is 4.98 Å². The van der Waals surface area contributed by atoms with Gasteiger partial charge in [-0.2, -0.15) is 0 Å². The first-order valence-corrected chi connectivity index (χ1v) is 4.85. The second-order valence-electron chi connectivity index (χ2n) is 3.28. The number of benzene rings is 1. The average Bonchev–Trinajstić information content (AvgIpc) is 2.32. The SMILES string of the molecule is Fc1cccc(NCc2ccccn2)c1F. The number of aromatic nitrogens is 1. The van der Waals surface area contributed by atoms with Gasteiger partial charge in [0.25, 0.3) is 0 Å². The zero-order valence-corrected chi connectivity index (χ0v) is 8.45. The van der Waals surface area contributed by atoms with Crippen LogP contribution < -0.4 is 5.32 Å². The van der Waals surface area contributed by atoms with Crippen molar-refractivity contribution in [2.24, 2.45) is 0 Å². The minimum absolute atomic E-state index is 0.144. The fourth-order valence-corrected chi connectivity index (χ4v) is 1.33. The van der Waals surface area contributed by atoms with Crippen LogP contribution in [0.3, 0.4) is 0 Å². The molecule has 82 valence electrons. The van der Waals surface area contributed by atoms with E-state index in [1.165, 1.54) is 12.1 Å². The Kier molecular flexibility index (Phi) is 3.10. The molecule has 0 saturated carbocycles.